The van der Waals surface area contributed by atoms with Crippen molar-refractivity contribution >= 4 is 17.2 Å². The van der Waals surface area contributed by atoms with E-state index in [0.29, 0.717) is 5.92 Å². The van der Waals surface area contributed by atoms with Crippen LogP contribution in [0.1, 0.15) is 64.5 Å². The lowest BCUT2D eigenvalue weighted by atomic mass is 9.92. The topological polar surface area (TPSA) is 65.1 Å². The summed E-state index contributed by atoms with van der Waals surface area (Å²) in [6.07, 6.45) is 9.38. The van der Waals surface area contributed by atoms with E-state index in [-0.39, 0.29) is 5.91 Å². The number of amides is 1. The minimum absolute atomic E-state index is 0.137. The fraction of sp³-hybridized carbons (Fsp3) is 0.632. The maximum atomic E-state index is 13.0. The van der Waals surface area contributed by atoms with Crippen molar-refractivity contribution in [3.05, 3.63) is 33.5 Å². The molecule has 0 saturated carbocycles. The van der Waals surface area contributed by atoms with Gasteiger partial charge in [0.1, 0.15) is 9.88 Å². The zero-order chi connectivity index (χ0) is 17.9. The van der Waals surface area contributed by atoms with Crippen molar-refractivity contribution < 1.29 is 4.79 Å². The number of hydrogen-bond donors (Lipinski definition) is 1. The zero-order valence-electron chi connectivity index (χ0n) is 15.4. The second kappa shape index (κ2) is 7.88. The van der Waals surface area contributed by atoms with Gasteiger partial charge in [0.15, 0.2) is 0 Å². The van der Waals surface area contributed by atoms with Crippen LogP contribution >= 0.6 is 11.3 Å². The Kier molecular flexibility index (Phi) is 5.36. The fourth-order valence-electron chi connectivity index (χ4n) is 4.12. The Labute approximate surface area is 158 Å². The van der Waals surface area contributed by atoms with E-state index in [4.69, 9.17) is 0 Å². The van der Waals surface area contributed by atoms with Crippen LogP contribution in [-0.4, -0.2) is 57.1 Å². The molecule has 2 aromatic rings. The first-order chi connectivity index (χ1) is 12.7. The first kappa shape index (κ1) is 17.7. The highest BCUT2D eigenvalue weighted by Gasteiger charge is 2.28. The number of carbonyl (C=O) groups excluding carboxylic acids is 1. The Morgan fingerprint density at radius 1 is 1.27 bits per heavy atom. The van der Waals surface area contributed by atoms with Crippen LogP contribution < -0.4 is 0 Å². The molecule has 2 aliphatic rings. The van der Waals surface area contributed by atoms with Crippen LogP contribution in [0.15, 0.2) is 12.4 Å². The molecule has 2 fully saturated rings. The number of piperidine rings is 1. The third-order valence-corrected chi connectivity index (χ3v) is 6.54. The van der Waals surface area contributed by atoms with Gasteiger partial charge in [-0.05, 0) is 50.8 Å². The molecule has 26 heavy (non-hydrogen) atoms. The van der Waals surface area contributed by atoms with Crippen molar-refractivity contribution in [3.63, 3.8) is 0 Å². The van der Waals surface area contributed by atoms with Gasteiger partial charge in [0.05, 0.1) is 18.9 Å². The van der Waals surface area contributed by atoms with Gasteiger partial charge in [0.2, 0.25) is 0 Å². The first-order valence-electron chi connectivity index (χ1n) is 9.73. The number of hydrogen-bond acceptors (Lipinski definition) is 5. The number of aromatic amines is 1. The molecule has 2 aliphatic heterocycles. The maximum Gasteiger partial charge on any atom is 0.265 e. The van der Waals surface area contributed by atoms with Gasteiger partial charge < -0.3 is 4.90 Å². The third kappa shape index (κ3) is 3.69. The van der Waals surface area contributed by atoms with E-state index in [9.17, 15) is 4.79 Å². The number of H-pyrrole nitrogens is 1. The lowest BCUT2D eigenvalue weighted by Gasteiger charge is -2.32. The molecule has 1 N–H and O–H groups in total. The van der Waals surface area contributed by atoms with Crippen molar-refractivity contribution in [3.8, 4) is 0 Å². The van der Waals surface area contributed by atoms with Gasteiger partial charge >= 0.3 is 0 Å². The van der Waals surface area contributed by atoms with E-state index >= 15 is 0 Å². The highest BCUT2D eigenvalue weighted by atomic mass is 32.1. The molecule has 2 aromatic heterocycles. The monoisotopic (exact) mass is 373 g/mol. The van der Waals surface area contributed by atoms with E-state index in [1.165, 1.54) is 24.1 Å². The molecule has 0 spiro atoms. The maximum absolute atomic E-state index is 13.0. The molecule has 1 unspecified atom stereocenters. The Morgan fingerprint density at radius 3 is 2.92 bits per heavy atom. The summed E-state index contributed by atoms with van der Waals surface area (Å²) in [5, 5.41) is 8.43. The van der Waals surface area contributed by atoms with Gasteiger partial charge in [-0.3, -0.25) is 14.8 Å². The van der Waals surface area contributed by atoms with Crippen molar-refractivity contribution in [1.29, 1.82) is 0 Å². The van der Waals surface area contributed by atoms with Gasteiger partial charge in [0.25, 0.3) is 5.91 Å². The predicted octanol–water partition coefficient (Wildman–Crippen LogP) is 3.04. The second-order valence-electron chi connectivity index (χ2n) is 7.35. The molecule has 140 valence electrons. The van der Waals surface area contributed by atoms with Gasteiger partial charge in [-0.15, -0.1) is 11.3 Å². The van der Waals surface area contributed by atoms with Gasteiger partial charge in [-0.2, -0.15) is 5.10 Å². The largest absolute Gasteiger partial charge is 0.337 e. The number of nitrogens with one attached hydrogen (secondary N) is 1. The average molecular weight is 374 g/mol. The number of likely N-dealkylation sites (tertiary alicyclic amines) is 2. The smallest absolute Gasteiger partial charge is 0.265 e. The first-order valence-corrected chi connectivity index (χ1v) is 10.5. The molecule has 1 atom stereocenters. The fourth-order valence-corrected chi connectivity index (χ4v) is 5.05. The highest BCUT2D eigenvalue weighted by molar-refractivity contribution is 7.13. The van der Waals surface area contributed by atoms with E-state index in [1.807, 2.05) is 11.1 Å². The zero-order valence-corrected chi connectivity index (χ0v) is 16.2. The van der Waals surface area contributed by atoms with Gasteiger partial charge in [0, 0.05) is 24.7 Å². The lowest BCUT2D eigenvalue weighted by molar-refractivity contribution is 0.0710. The van der Waals surface area contributed by atoms with Crippen molar-refractivity contribution in [2.75, 3.05) is 26.2 Å². The number of carbonyl (C=O) groups is 1. The van der Waals surface area contributed by atoms with Gasteiger partial charge in [-0.25, -0.2) is 4.98 Å². The minimum atomic E-state index is 0.137. The third-order valence-electron chi connectivity index (χ3n) is 5.57. The van der Waals surface area contributed by atoms with Crippen molar-refractivity contribution in [2.24, 2.45) is 0 Å². The number of thiazole rings is 1. The Bertz CT molecular complexity index is 749. The summed E-state index contributed by atoms with van der Waals surface area (Å²) < 4.78 is 0. The Balaban J connectivity index is 1.42. The lowest BCUT2D eigenvalue weighted by Crippen LogP contribution is -2.39. The van der Waals surface area contributed by atoms with Crippen LogP contribution in [0.25, 0.3) is 0 Å². The molecule has 7 heteroatoms. The molecule has 2 saturated heterocycles. The Hall–Kier alpha value is -1.73. The molecule has 0 aliphatic carbocycles. The summed E-state index contributed by atoms with van der Waals surface area (Å²) >= 11 is 1.56. The summed E-state index contributed by atoms with van der Waals surface area (Å²) in [7, 11) is 0. The van der Waals surface area contributed by atoms with Crippen LogP contribution in [0.2, 0.25) is 0 Å². The van der Waals surface area contributed by atoms with Crippen LogP contribution in [0.5, 0.6) is 0 Å². The molecule has 0 bridgehead atoms. The number of aryl methyl sites for hydroxylation is 1. The van der Waals surface area contributed by atoms with Crippen LogP contribution in [0.4, 0.5) is 0 Å². The number of nitrogens with zero attached hydrogens (tertiary/aromatic N) is 4. The number of rotatable bonds is 5. The van der Waals surface area contributed by atoms with Gasteiger partial charge in [-0.1, -0.05) is 6.92 Å². The summed E-state index contributed by atoms with van der Waals surface area (Å²) in [6.45, 7) is 6.95. The quantitative estimate of drug-likeness (QED) is 0.875. The van der Waals surface area contributed by atoms with E-state index in [0.717, 1.165) is 61.9 Å². The Morgan fingerprint density at radius 2 is 2.12 bits per heavy atom. The highest BCUT2D eigenvalue weighted by Crippen LogP contribution is 2.29. The van der Waals surface area contributed by atoms with Crippen molar-refractivity contribution in [1.82, 2.24) is 25.0 Å². The summed E-state index contributed by atoms with van der Waals surface area (Å²) in [5.41, 5.74) is 2.49. The molecule has 6 nitrogen and oxygen atoms in total. The van der Waals surface area contributed by atoms with Crippen molar-refractivity contribution in [2.45, 2.75) is 51.5 Å². The molecular formula is C19H27N5OS. The normalized spacial score (nSPS) is 21.4. The van der Waals surface area contributed by atoms with E-state index in [1.54, 1.807) is 17.5 Å². The van der Waals surface area contributed by atoms with E-state index < -0.39 is 0 Å². The second-order valence-corrected chi connectivity index (χ2v) is 8.47. The van der Waals surface area contributed by atoms with Crippen LogP contribution in [0, 0.1) is 0 Å². The summed E-state index contributed by atoms with van der Waals surface area (Å²) in [4.78, 5) is 22.7. The number of aromatic nitrogens is 3. The summed E-state index contributed by atoms with van der Waals surface area (Å²) in [6, 6.07) is 0. The van der Waals surface area contributed by atoms with E-state index in [2.05, 4.69) is 27.0 Å². The standard InChI is InChI=1S/C19H27N5OS/c1-2-14-10-21-22-18(14)15-6-5-9-24(12-15)19(25)16-11-20-17(26-16)13-23-7-3-4-8-23/h10-11,15H,2-9,12-13H2,1H3,(H,21,22). The summed E-state index contributed by atoms with van der Waals surface area (Å²) in [5.74, 6) is 0.500. The average Bonchev–Trinajstić information content (AvgIpc) is 3.43. The molecule has 0 aromatic carbocycles. The predicted molar refractivity (Wildman–Crippen MR) is 102 cm³/mol. The molecule has 4 rings (SSSR count). The molecular weight excluding hydrogens is 346 g/mol. The molecule has 4 heterocycles. The molecule has 0 radical (unpaired) electrons. The van der Waals surface area contributed by atoms with Crippen LogP contribution in [0.3, 0.4) is 0 Å². The van der Waals surface area contributed by atoms with Crippen LogP contribution in [-0.2, 0) is 13.0 Å². The minimum Gasteiger partial charge on any atom is -0.337 e. The SMILES string of the molecule is CCc1cn[nH]c1C1CCCN(C(=O)c2cnc(CN3CCCC3)s2)C1. The molecule has 1 amide bonds.